The number of hydrogen-bond donors (Lipinski definition) is 1. The summed E-state index contributed by atoms with van der Waals surface area (Å²) in [6.07, 6.45) is -5.70. The SMILES string of the molecule is O=C(NCCC(F)(F)F)c1ccc(S(=O)(=O)Cl)cc1F. The normalized spacial score (nSPS) is 12.2. The Morgan fingerprint density at radius 3 is 2.35 bits per heavy atom. The summed E-state index contributed by atoms with van der Waals surface area (Å²) >= 11 is 0. The molecule has 0 saturated carbocycles. The van der Waals surface area contributed by atoms with E-state index in [2.05, 4.69) is 0 Å². The van der Waals surface area contributed by atoms with E-state index in [1.807, 2.05) is 5.32 Å². The maximum Gasteiger partial charge on any atom is 0.390 e. The number of nitrogens with one attached hydrogen (secondary N) is 1. The second kappa shape index (κ2) is 5.96. The topological polar surface area (TPSA) is 63.2 Å². The molecule has 112 valence electrons. The van der Waals surface area contributed by atoms with Gasteiger partial charge in [0.15, 0.2) is 0 Å². The molecule has 0 aliphatic heterocycles. The number of hydrogen-bond acceptors (Lipinski definition) is 3. The second-order valence-electron chi connectivity index (χ2n) is 3.70. The van der Waals surface area contributed by atoms with Crippen molar-refractivity contribution in [3.8, 4) is 0 Å². The standard InChI is InChI=1S/C10H8ClF4NO3S/c11-20(18,19)6-1-2-7(8(12)5-6)9(17)16-4-3-10(13,14)15/h1-2,5H,3-4H2,(H,16,17). The van der Waals surface area contributed by atoms with Crippen molar-refractivity contribution in [3.05, 3.63) is 29.6 Å². The van der Waals surface area contributed by atoms with Gasteiger partial charge in [-0.15, -0.1) is 0 Å². The first-order chi connectivity index (χ1) is 9.00. The maximum atomic E-state index is 13.5. The number of alkyl halides is 3. The summed E-state index contributed by atoms with van der Waals surface area (Å²) in [7, 11) is 0.824. The van der Waals surface area contributed by atoms with Gasteiger partial charge in [-0.1, -0.05) is 0 Å². The van der Waals surface area contributed by atoms with Crippen LogP contribution in [0.1, 0.15) is 16.8 Å². The number of halogens is 5. The van der Waals surface area contributed by atoms with Crippen molar-refractivity contribution in [2.24, 2.45) is 0 Å². The molecule has 0 unspecified atom stereocenters. The van der Waals surface area contributed by atoms with Crippen molar-refractivity contribution < 1.29 is 30.8 Å². The molecule has 0 saturated heterocycles. The van der Waals surface area contributed by atoms with Gasteiger partial charge in [-0.2, -0.15) is 13.2 Å². The van der Waals surface area contributed by atoms with E-state index in [-0.39, 0.29) is 0 Å². The molecule has 1 aromatic carbocycles. The van der Waals surface area contributed by atoms with Crippen LogP contribution in [0.15, 0.2) is 23.1 Å². The van der Waals surface area contributed by atoms with Gasteiger partial charge in [0.25, 0.3) is 15.0 Å². The lowest BCUT2D eigenvalue weighted by molar-refractivity contribution is -0.132. The highest BCUT2D eigenvalue weighted by Crippen LogP contribution is 2.20. The molecule has 0 atom stereocenters. The monoisotopic (exact) mass is 333 g/mol. The van der Waals surface area contributed by atoms with Crippen LogP contribution in [-0.2, 0) is 9.05 Å². The number of amides is 1. The molecule has 0 aliphatic rings. The van der Waals surface area contributed by atoms with Gasteiger partial charge in [-0.05, 0) is 18.2 Å². The van der Waals surface area contributed by atoms with E-state index in [0.717, 1.165) is 12.1 Å². The lowest BCUT2D eigenvalue weighted by atomic mass is 10.2. The van der Waals surface area contributed by atoms with Gasteiger partial charge in [0.05, 0.1) is 16.9 Å². The molecule has 1 rings (SSSR count). The molecule has 1 N–H and O–H groups in total. The summed E-state index contributed by atoms with van der Waals surface area (Å²) in [5.74, 6) is -2.28. The zero-order valence-electron chi connectivity index (χ0n) is 9.67. The zero-order valence-corrected chi connectivity index (χ0v) is 11.2. The third kappa shape index (κ3) is 4.97. The Morgan fingerprint density at radius 1 is 1.30 bits per heavy atom. The highest BCUT2D eigenvalue weighted by molar-refractivity contribution is 8.13. The van der Waals surface area contributed by atoms with E-state index in [1.54, 1.807) is 0 Å². The Bertz CT molecular complexity index is 615. The van der Waals surface area contributed by atoms with Crippen LogP contribution in [-0.4, -0.2) is 27.0 Å². The first-order valence-corrected chi connectivity index (χ1v) is 7.41. The quantitative estimate of drug-likeness (QED) is 0.680. The molecule has 0 aromatic heterocycles. The Kier molecular flexibility index (Phi) is 4.98. The van der Waals surface area contributed by atoms with Gasteiger partial charge < -0.3 is 5.32 Å². The van der Waals surface area contributed by atoms with Gasteiger partial charge in [0, 0.05) is 17.2 Å². The number of carbonyl (C=O) groups is 1. The maximum absolute atomic E-state index is 13.5. The number of carbonyl (C=O) groups excluding carboxylic acids is 1. The van der Waals surface area contributed by atoms with Gasteiger partial charge >= 0.3 is 6.18 Å². The number of benzene rings is 1. The fraction of sp³-hybridized carbons (Fsp3) is 0.300. The molecule has 1 aromatic rings. The van der Waals surface area contributed by atoms with Gasteiger partial charge in [-0.25, -0.2) is 12.8 Å². The molecule has 4 nitrogen and oxygen atoms in total. The molecule has 20 heavy (non-hydrogen) atoms. The zero-order chi connectivity index (χ0) is 15.6. The molecule has 0 fully saturated rings. The lowest BCUT2D eigenvalue weighted by Gasteiger charge is -2.08. The molecule has 0 spiro atoms. The fourth-order valence-electron chi connectivity index (χ4n) is 1.24. The molecular weight excluding hydrogens is 326 g/mol. The Balaban J connectivity index is 2.80. The summed E-state index contributed by atoms with van der Waals surface area (Å²) < 4.78 is 70.9. The average molecular weight is 334 g/mol. The van der Waals surface area contributed by atoms with Gasteiger partial charge in [-0.3, -0.25) is 4.79 Å². The summed E-state index contributed by atoms with van der Waals surface area (Å²) in [5.41, 5.74) is -0.573. The second-order valence-corrected chi connectivity index (χ2v) is 6.27. The first kappa shape index (κ1) is 16.7. The largest absolute Gasteiger partial charge is 0.390 e. The average Bonchev–Trinajstić information content (AvgIpc) is 2.25. The highest BCUT2D eigenvalue weighted by Gasteiger charge is 2.27. The van der Waals surface area contributed by atoms with E-state index in [4.69, 9.17) is 10.7 Å². The van der Waals surface area contributed by atoms with Crippen LogP contribution in [0.4, 0.5) is 17.6 Å². The first-order valence-electron chi connectivity index (χ1n) is 5.10. The molecule has 10 heteroatoms. The Morgan fingerprint density at radius 2 is 1.90 bits per heavy atom. The molecule has 0 bridgehead atoms. The molecular formula is C10H8ClF4NO3S. The van der Waals surface area contributed by atoms with E-state index in [9.17, 15) is 30.8 Å². The van der Waals surface area contributed by atoms with Crippen LogP contribution in [0, 0.1) is 5.82 Å². The summed E-state index contributed by atoms with van der Waals surface area (Å²) in [6.45, 7) is -0.711. The molecule has 0 aliphatic carbocycles. The molecule has 1 amide bonds. The Hall–Kier alpha value is -1.35. The van der Waals surface area contributed by atoms with Crippen molar-refractivity contribution in [1.82, 2.24) is 5.32 Å². The minimum absolute atomic E-state index is 0.515. The van der Waals surface area contributed by atoms with E-state index < -0.39 is 50.4 Å². The van der Waals surface area contributed by atoms with Crippen LogP contribution in [0.5, 0.6) is 0 Å². The fourth-order valence-corrected chi connectivity index (χ4v) is 2.01. The summed E-state index contributed by atoms with van der Waals surface area (Å²) in [5, 5.41) is 1.87. The minimum Gasteiger partial charge on any atom is -0.352 e. The van der Waals surface area contributed by atoms with Gasteiger partial charge in [0.2, 0.25) is 0 Å². The summed E-state index contributed by atoms with van der Waals surface area (Å²) in [4.78, 5) is 10.9. The van der Waals surface area contributed by atoms with Crippen molar-refractivity contribution in [1.29, 1.82) is 0 Å². The van der Waals surface area contributed by atoms with E-state index in [0.29, 0.717) is 6.07 Å². The molecule has 0 radical (unpaired) electrons. The van der Waals surface area contributed by atoms with E-state index in [1.165, 1.54) is 0 Å². The van der Waals surface area contributed by atoms with Crippen LogP contribution in [0.2, 0.25) is 0 Å². The predicted octanol–water partition coefficient (Wildman–Crippen LogP) is 2.44. The number of rotatable bonds is 4. The van der Waals surface area contributed by atoms with Crippen molar-refractivity contribution >= 4 is 25.6 Å². The van der Waals surface area contributed by atoms with Crippen LogP contribution in [0.25, 0.3) is 0 Å². The summed E-state index contributed by atoms with van der Waals surface area (Å²) in [6, 6.07) is 2.22. The van der Waals surface area contributed by atoms with Gasteiger partial charge in [0.1, 0.15) is 5.82 Å². The van der Waals surface area contributed by atoms with Crippen LogP contribution < -0.4 is 5.32 Å². The van der Waals surface area contributed by atoms with Crippen LogP contribution >= 0.6 is 10.7 Å². The van der Waals surface area contributed by atoms with Crippen molar-refractivity contribution in [2.75, 3.05) is 6.54 Å². The third-order valence-corrected chi connectivity index (χ3v) is 3.51. The van der Waals surface area contributed by atoms with Crippen LogP contribution in [0.3, 0.4) is 0 Å². The lowest BCUT2D eigenvalue weighted by Crippen LogP contribution is -2.28. The minimum atomic E-state index is -4.44. The van der Waals surface area contributed by atoms with Crippen molar-refractivity contribution in [2.45, 2.75) is 17.5 Å². The van der Waals surface area contributed by atoms with E-state index >= 15 is 0 Å². The molecule has 0 heterocycles. The smallest absolute Gasteiger partial charge is 0.352 e. The highest BCUT2D eigenvalue weighted by atomic mass is 35.7. The predicted molar refractivity (Wildman–Crippen MR) is 62.4 cm³/mol. The Labute approximate surface area is 116 Å². The third-order valence-electron chi connectivity index (χ3n) is 2.16. The van der Waals surface area contributed by atoms with Crippen molar-refractivity contribution in [3.63, 3.8) is 0 Å².